The Bertz CT molecular complexity index is 766. The lowest BCUT2D eigenvalue weighted by Crippen LogP contribution is -2.22. The van der Waals surface area contributed by atoms with Crippen LogP contribution in [0.5, 0.6) is 17.2 Å². The van der Waals surface area contributed by atoms with Crippen molar-refractivity contribution in [2.24, 2.45) is 0 Å². The number of hydrogen-bond donors (Lipinski definition) is 1. The van der Waals surface area contributed by atoms with Gasteiger partial charge in [-0.25, -0.2) is 9.97 Å². The third kappa shape index (κ3) is 3.63. The average Bonchev–Trinajstić information content (AvgIpc) is 3.22. The summed E-state index contributed by atoms with van der Waals surface area (Å²) in [6.45, 7) is 1.83. The van der Waals surface area contributed by atoms with Crippen molar-refractivity contribution in [3.63, 3.8) is 0 Å². The highest BCUT2D eigenvalue weighted by molar-refractivity contribution is 6.03. The molecular weight excluding hydrogens is 336 g/mol. The number of aromatic nitrogens is 2. The number of amides is 1. The zero-order chi connectivity index (χ0) is 18.5. The summed E-state index contributed by atoms with van der Waals surface area (Å²) in [5.41, 5.74) is 0.821. The maximum Gasteiger partial charge on any atom is 0.274 e. The molecule has 26 heavy (non-hydrogen) atoms. The largest absolute Gasteiger partial charge is 0.493 e. The molecule has 2 heterocycles. The van der Waals surface area contributed by atoms with Crippen LogP contribution in [0.3, 0.4) is 0 Å². The SMILES string of the molecule is COc1cc(NC(=O)c2ccnc(N3CCCC3)n2)cc(OC)c1OC. The first-order valence-electron chi connectivity index (χ1n) is 8.35. The second-order valence-electron chi connectivity index (χ2n) is 5.80. The summed E-state index contributed by atoms with van der Waals surface area (Å²) >= 11 is 0. The normalized spacial score (nSPS) is 13.4. The van der Waals surface area contributed by atoms with Crippen LogP contribution in [0.2, 0.25) is 0 Å². The molecular formula is C18H22N4O4. The van der Waals surface area contributed by atoms with Gasteiger partial charge in [0.15, 0.2) is 11.5 Å². The highest BCUT2D eigenvalue weighted by atomic mass is 16.5. The van der Waals surface area contributed by atoms with Crippen LogP contribution < -0.4 is 24.4 Å². The van der Waals surface area contributed by atoms with Gasteiger partial charge in [-0.2, -0.15) is 0 Å². The van der Waals surface area contributed by atoms with E-state index in [1.807, 2.05) is 0 Å². The Morgan fingerprint density at radius 3 is 2.31 bits per heavy atom. The Morgan fingerprint density at radius 2 is 1.73 bits per heavy atom. The number of carbonyl (C=O) groups excluding carboxylic acids is 1. The summed E-state index contributed by atoms with van der Waals surface area (Å²) in [6, 6.07) is 4.93. The molecule has 1 N–H and O–H groups in total. The maximum atomic E-state index is 12.6. The van der Waals surface area contributed by atoms with Gasteiger partial charge in [0.25, 0.3) is 5.91 Å². The minimum atomic E-state index is -0.331. The summed E-state index contributed by atoms with van der Waals surface area (Å²) in [4.78, 5) is 23.3. The van der Waals surface area contributed by atoms with Crippen LogP contribution in [0.15, 0.2) is 24.4 Å². The van der Waals surface area contributed by atoms with E-state index in [-0.39, 0.29) is 5.91 Å². The molecule has 1 amide bonds. The van der Waals surface area contributed by atoms with Crippen LogP contribution in [0.4, 0.5) is 11.6 Å². The monoisotopic (exact) mass is 358 g/mol. The van der Waals surface area contributed by atoms with Gasteiger partial charge in [-0.1, -0.05) is 0 Å². The van der Waals surface area contributed by atoms with E-state index in [2.05, 4.69) is 20.2 Å². The molecule has 1 fully saturated rings. The second kappa shape index (κ2) is 7.90. The molecule has 1 saturated heterocycles. The molecule has 0 radical (unpaired) electrons. The van der Waals surface area contributed by atoms with Crippen molar-refractivity contribution < 1.29 is 19.0 Å². The molecule has 2 aromatic rings. The molecule has 0 spiro atoms. The number of methoxy groups -OCH3 is 3. The third-order valence-electron chi connectivity index (χ3n) is 4.19. The third-order valence-corrected chi connectivity index (χ3v) is 4.19. The number of carbonyl (C=O) groups is 1. The summed E-state index contributed by atoms with van der Waals surface area (Å²) in [5, 5.41) is 2.81. The lowest BCUT2D eigenvalue weighted by atomic mass is 10.2. The van der Waals surface area contributed by atoms with Crippen molar-refractivity contribution in [3.05, 3.63) is 30.1 Å². The van der Waals surface area contributed by atoms with Gasteiger partial charge < -0.3 is 24.4 Å². The molecule has 138 valence electrons. The fourth-order valence-corrected chi connectivity index (χ4v) is 2.89. The van der Waals surface area contributed by atoms with Crippen LogP contribution in [0, 0.1) is 0 Å². The zero-order valence-electron chi connectivity index (χ0n) is 15.1. The molecule has 8 nitrogen and oxygen atoms in total. The first-order chi connectivity index (χ1) is 12.7. The Hall–Kier alpha value is -3.03. The van der Waals surface area contributed by atoms with Crippen molar-refractivity contribution in [2.45, 2.75) is 12.8 Å². The van der Waals surface area contributed by atoms with Gasteiger partial charge in [-0.3, -0.25) is 4.79 Å². The van der Waals surface area contributed by atoms with Crippen LogP contribution in [-0.4, -0.2) is 50.3 Å². The van der Waals surface area contributed by atoms with E-state index >= 15 is 0 Å². The molecule has 0 saturated carbocycles. The van der Waals surface area contributed by atoms with E-state index < -0.39 is 0 Å². The smallest absolute Gasteiger partial charge is 0.274 e. The summed E-state index contributed by atoms with van der Waals surface area (Å²) in [6.07, 6.45) is 3.83. The second-order valence-corrected chi connectivity index (χ2v) is 5.80. The molecule has 1 aliphatic rings. The van der Waals surface area contributed by atoms with Crippen molar-refractivity contribution in [1.82, 2.24) is 9.97 Å². The van der Waals surface area contributed by atoms with Crippen molar-refractivity contribution in [3.8, 4) is 17.2 Å². The fourth-order valence-electron chi connectivity index (χ4n) is 2.89. The minimum Gasteiger partial charge on any atom is -0.493 e. The van der Waals surface area contributed by atoms with Crippen molar-refractivity contribution in [2.75, 3.05) is 44.6 Å². The number of anilines is 2. The number of nitrogens with zero attached hydrogens (tertiary/aromatic N) is 3. The first kappa shape index (κ1) is 17.8. The van der Waals surface area contributed by atoms with Gasteiger partial charge in [-0.15, -0.1) is 0 Å². The number of benzene rings is 1. The molecule has 0 aliphatic carbocycles. The average molecular weight is 358 g/mol. The number of nitrogens with one attached hydrogen (secondary N) is 1. The van der Waals surface area contributed by atoms with Gasteiger partial charge >= 0.3 is 0 Å². The van der Waals surface area contributed by atoms with Gasteiger partial charge in [0.05, 0.1) is 21.3 Å². The van der Waals surface area contributed by atoms with E-state index in [9.17, 15) is 4.79 Å². The van der Waals surface area contributed by atoms with Gasteiger partial charge in [0.2, 0.25) is 11.7 Å². The van der Waals surface area contributed by atoms with E-state index in [1.54, 1.807) is 24.4 Å². The standard InChI is InChI=1S/C18H22N4O4/c1-24-14-10-12(11-15(25-2)16(14)26-3)20-17(23)13-6-7-19-18(21-13)22-8-4-5-9-22/h6-7,10-11H,4-5,8-9H2,1-3H3,(H,20,23). The minimum absolute atomic E-state index is 0.302. The molecule has 1 aromatic carbocycles. The molecule has 1 aliphatic heterocycles. The molecule has 1 aromatic heterocycles. The highest BCUT2D eigenvalue weighted by Gasteiger charge is 2.18. The van der Waals surface area contributed by atoms with Gasteiger partial charge in [0, 0.05) is 37.1 Å². The quantitative estimate of drug-likeness (QED) is 0.848. The predicted molar refractivity (Wildman–Crippen MR) is 97.5 cm³/mol. The Kier molecular flexibility index (Phi) is 5.40. The topological polar surface area (TPSA) is 85.8 Å². The maximum absolute atomic E-state index is 12.6. The molecule has 0 bridgehead atoms. The van der Waals surface area contributed by atoms with E-state index in [4.69, 9.17) is 14.2 Å². The van der Waals surface area contributed by atoms with Crippen LogP contribution in [-0.2, 0) is 0 Å². The predicted octanol–water partition coefficient (Wildman–Crippen LogP) is 2.35. The van der Waals surface area contributed by atoms with Crippen molar-refractivity contribution >= 4 is 17.5 Å². The first-order valence-corrected chi connectivity index (χ1v) is 8.35. The van der Waals surface area contributed by atoms with E-state index in [1.165, 1.54) is 21.3 Å². The molecule has 0 atom stereocenters. The molecule has 0 unspecified atom stereocenters. The Morgan fingerprint density at radius 1 is 1.08 bits per heavy atom. The van der Waals surface area contributed by atoms with Crippen LogP contribution in [0.25, 0.3) is 0 Å². The van der Waals surface area contributed by atoms with E-state index in [0.717, 1.165) is 25.9 Å². The van der Waals surface area contributed by atoms with E-state index in [0.29, 0.717) is 34.6 Å². The summed E-state index contributed by atoms with van der Waals surface area (Å²) in [5.74, 6) is 1.64. The number of rotatable bonds is 6. The van der Waals surface area contributed by atoms with Crippen molar-refractivity contribution in [1.29, 1.82) is 0 Å². The summed E-state index contributed by atoms with van der Waals surface area (Å²) in [7, 11) is 4.57. The number of hydrogen-bond acceptors (Lipinski definition) is 7. The zero-order valence-corrected chi connectivity index (χ0v) is 15.1. The fraction of sp³-hybridized carbons (Fsp3) is 0.389. The summed E-state index contributed by atoms with van der Waals surface area (Å²) < 4.78 is 15.9. The lowest BCUT2D eigenvalue weighted by Gasteiger charge is -2.16. The van der Waals surface area contributed by atoms with Crippen LogP contribution in [0.1, 0.15) is 23.3 Å². The Labute approximate surface area is 152 Å². The highest BCUT2D eigenvalue weighted by Crippen LogP contribution is 2.40. The van der Waals surface area contributed by atoms with Crippen LogP contribution >= 0.6 is 0 Å². The number of ether oxygens (including phenoxy) is 3. The molecule has 3 rings (SSSR count). The van der Waals surface area contributed by atoms with Gasteiger partial charge in [-0.05, 0) is 18.9 Å². The molecule has 8 heteroatoms. The van der Waals surface area contributed by atoms with Gasteiger partial charge in [0.1, 0.15) is 5.69 Å². The Balaban J connectivity index is 1.82. The lowest BCUT2D eigenvalue weighted by molar-refractivity contribution is 0.102.